The van der Waals surface area contributed by atoms with Crippen LogP contribution >= 0.6 is 15.9 Å². The summed E-state index contributed by atoms with van der Waals surface area (Å²) >= 11 is 3.23. The predicted molar refractivity (Wildman–Crippen MR) is 61.8 cm³/mol. The number of hydrogen-bond donors (Lipinski definition) is 1. The third-order valence-corrected chi connectivity index (χ3v) is 2.80. The first-order chi connectivity index (χ1) is 7.93. The number of carboxylic acid groups (broad SMARTS) is 1. The fourth-order valence-corrected chi connectivity index (χ4v) is 1.99. The van der Waals surface area contributed by atoms with Crippen LogP contribution in [0, 0.1) is 6.92 Å². The number of benzene rings is 1. The second-order valence-corrected chi connectivity index (χ2v) is 4.03. The largest absolute Gasteiger partial charge is 0.481 e. The highest BCUT2D eigenvalue weighted by Crippen LogP contribution is 2.26. The van der Waals surface area contributed by atoms with E-state index in [0.29, 0.717) is 16.5 Å². The van der Waals surface area contributed by atoms with E-state index in [2.05, 4.69) is 20.7 Å². The molecular weight excluding hydrogens is 298 g/mol. The molecule has 0 saturated heterocycles. The lowest BCUT2D eigenvalue weighted by Crippen LogP contribution is -2.07. The molecule has 3 nitrogen and oxygen atoms in total. The summed E-state index contributed by atoms with van der Waals surface area (Å²) in [4.78, 5) is 10.7. The fraction of sp³-hybridized carbons (Fsp3) is 0.364. The molecule has 0 amide bonds. The Morgan fingerprint density at radius 3 is 2.59 bits per heavy atom. The van der Waals surface area contributed by atoms with E-state index < -0.39 is 12.6 Å². The van der Waals surface area contributed by atoms with Crippen LogP contribution < -0.4 is 4.74 Å². The average molecular weight is 309 g/mol. The number of hydrogen-bond acceptors (Lipinski definition) is 2. The molecule has 1 aromatic rings. The third-order valence-electron chi connectivity index (χ3n) is 2.20. The van der Waals surface area contributed by atoms with Gasteiger partial charge in [0.1, 0.15) is 5.75 Å². The van der Waals surface area contributed by atoms with Gasteiger partial charge >= 0.3 is 12.6 Å². The summed E-state index contributed by atoms with van der Waals surface area (Å²) in [5.74, 6) is -1.00. The Morgan fingerprint density at radius 1 is 1.47 bits per heavy atom. The zero-order valence-electron chi connectivity index (χ0n) is 9.04. The number of aliphatic carboxylic acids is 1. The van der Waals surface area contributed by atoms with Gasteiger partial charge in [-0.3, -0.25) is 4.79 Å². The molecule has 0 heterocycles. The van der Waals surface area contributed by atoms with Crippen LogP contribution in [-0.4, -0.2) is 17.7 Å². The summed E-state index contributed by atoms with van der Waals surface area (Å²) in [6.07, 6.45) is -0.221. The van der Waals surface area contributed by atoms with Crippen molar-refractivity contribution in [2.75, 3.05) is 0 Å². The number of halogens is 3. The van der Waals surface area contributed by atoms with Crippen molar-refractivity contribution >= 4 is 21.9 Å². The van der Waals surface area contributed by atoms with Gasteiger partial charge in [-0.15, -0.1) is 0 Å². The Morgan fingerprint density at radius 2 is 2.12 bits per heavy atom. The van der Waals surface area contributed by atoms with Crippen molar-refractivity contribution in [1.29, 1.82) is 0 Å². The van der Waals surface area contributed by atoms with Crippen molar-refractivity contribution in [3.8, 4) is 5.75 Å². The van der Waals surface area contributed by atoms with Gasteiger partial charge in [0.05, 0.1) is 6.42 Å². The van der Waals surface area contributed by atoms with Gasteiger partial charge in [-0.1, -0.05) is 22.0 Å². The molecule has 0 saturated carbocycles. The average Bonchev–Trinajstić information content (AvgIpc) is 2.21. The monoisotopic (exact) mass is 308 g/mol. The van der Waals surface area contributed by atoms with Crippen molar-refractivity contribution in [3.63, 3.8) is 0 Å². The highest BCUT2D eigenvalue weighted by atomic mass is 79.9. The standard InChI is InChI=1S/C11H11BrF2O3/c1-6-2-8(5-12)7(4-10(15)16)3-9(6)17-11(13)14/h2-3,11H,4-5H2,1H3,(H,15,16). The Kier molecular flexibility index (Phi) is 4.86. The van der Waals surface area contributed by atoms with Crippen molar-refractivity contribution in [1.82, 2.24) is 0 Å². The summed E-state index contributed by atoms with van der Waals surface area (Å²) in [6, 6.07) is 3.00. The normalized spacial score (nSPS) is 10.6. The first kappa shape index (κ1) is 13.9. The molecule has 94 valence electrons. The van der Waals surface area contributed by atoms with Gasteiger partial charge in [0, 0.05) is 5.33 Å². The summed E-state index contributed by atoms with van der Waals surface area (Å²) in [6.45, 7) is -1.28. The molecule has 1 rings (SSSR count). The Balaban J connectivity index is 3.12. The maximum Gasteiger partial charge on any atom is 0.387 e. The number of rotatable bonds is 5. The number of carboxylic acids is 1. The van der Waals surface area contributed by atoms with Gasteiger partial charge in [0.15, 0.2) is 0 Å². The van der Waals surface area contributed by atoms with Crippen LogP contribution in [0.3, 0.4) is 0 Å². The van der Waals surface area contributed by atoms with Crippen molar-refractivity contribution < 1.29 is 23.4 Å². The molecule has 0 fully saturated rings. The van der Waals surface area contributed by atoms with Gasteiger partial charge < -0.3 is 9.84 Å². The van der Waals surface area contributed by atoms with Gasteiger partial charge in [-0.2, -0.15) is 8.78 Å². The quantitative estimate of drug-likeness (QED) is 0.850. The second kappa shape index (κ2) is 5.95. The molecule has 1 aromatic carbocycles. The zero-order valence-corrected chi connectivity index (χ0v) is 10.6. The number of ether oxygens (including phenoxy) is 1. The molecule has 0 unspecified atom stereocenters. The Bertz CT molecular complexity index is 421. The van der Waals surface area contributed by atoms with Gasteiger partial charge in [0.25, 0.3) is 0 Å². The minimum Gasteiger partial charge on any atom is -0.481 e. The molecule has 0 spiro atoms. The highest BCUT2D eigenvalue weighted by molar-refractivity contribution is 9.08. The molecule has 0 aromatic heterocycles. The van der Waals surface area contributed by atoms with E-state index in [0.717, 1.165) is 5.56 Å². The molecule has 6 heteroatoms. The van der Waals surface area contributed by atoms with E-state index in [-0.39, 0.29) is 12.2 Å². The maximum atomic E-state index is 12.1. The van der Waals surface area contributed by atoms with Crippen molar-refractivity contribution in [2.45, 2.75) is 25.3 Å². The Labute approximate surface area is 106 Å². The van der Waals surface area contributed by atoms with Crippen LogP contribution in [0.4, 0.5) is 8.78 Å². The number of alkyl halides is 3. The molecule has 0 bridgehead atoms. The lowest BCUT2D eigenvalue weighted by atomic mass is 10.0. The first-order valence-electron chi connectivity index (χ1n) is 4.79. The molecular formula is C11H11BrF2O3. The van der Waals surface area contributed by atoms with Crippen LogP contribution in [0.2, 0.25) is 0 Å². The van der Waals surface area contributed by atoms with E-state index in [1.54, 1.807) is 13.0 Å². The topological polar surface area (TPSA) is 46.5 Å². The van der Waals surface area contributed by atoms with E-state index in [1.807, 2.05) is 0 Å². The number of carbonyl (C=O) groups is 1. The van der Waals surface area contributed by atoms with E-state index in [1.165, 1.54) is 6.07 Å². The van der Waals surface area contributed by atoms with Gasteiger partial charge in [0.2, 0.25) is 0 Å². The van der Waals surface area contributed by atoms with Gasteiger partial charge in [-0.25, -0.2) is 0 Å². The number of aryl methyl sites for hydroxylation is 1. The van der Waals surface area contributed by atoms with Crippen molar-refractivity contribution in [2.24, 2.45) is 0 Å². The Hall–Kier alpha value is -1.17. The summed E-state index contributed by atoms with van der Waals surface area (Å²) in [7, 11) is 0. The van der Waals surface area contributed by atoms with Crippen LogP contribution in [0.5, 0.6) is 5.75 Å². The highest BCUT2D eigenvalue weighted by Gasteiger charge is 2.13. The SMILES string of the molecule is Cc1cc(CBr)c(CC(=O)O)cc1OC(F)F. The molecule has 0 aliphatic heterocycles. The van der Waals surface area contributed by atoms with E-state index in [4.69, 9.17) is 5.11 Å². The molecule has 17 heavy (non-hydrogen) atoms. The van der Waals surface area contributed by atoms with E-state index >= 15 is 0 Å². The second-order valence-electron chi connectivity index (χ2n) is 3.47. The molecule has 0 aliphatic carbocycles. The molecule has 0 radical (unpaired) electrons. The minimum absolute atomic E-state index is 0.0148. The minimum atomic E-state index is -2.92. The smallest absolute Gasteiger partial charge is 0.387 e. The third kappa shape index (κ3) is 3.96. The lowest BCUT2D eigenvalue weighted by molar-refractivity contribution is -0.136. The summed E-state index contributed by atoms with van der Waals surface area (Å²) in [5.41, 5.74) is 1.77. The lowest BCUT2D eigenvalue weighted by Gasteiger charge is -2.12. The van der Waals surface area contributed by atoms with Crippen molar-refractivity contribution in [3.05, 3.63) is 28.8 Å². The van der Waals surface area contributed by atoms with Crippen LogP contribution in [0.1, 0.15) is 16.7 Å². The van der Waals surface area contributed by atoms with Crippen LogP contribution in [0.25, 0.3) is 0 Å². The molecule has 0 atom stereocenters. The first-order valence-corrected chi connectivity index (χ1v) is 5.91. The van der Waals surface area contributed by atoms with E-state index in [9.17, 15) is 13.6 Å². The maximum absolute atomic E-state index is 12.1. The fourth-order valence-electron chi connectivity index (χ4n) is 1.46. The molecule has 0 aliphatic rings. The van der Waals surface area contributed by atoms with Crippen LogP contribution in [0.15, 0.2) is 12.1 Å². The summed E-state index contributed by atoms with van der Waals surface area (Å²) in [5, 5.41) is 9.19. The van der Waals surface area contributed by atoms with Gasteiger partial charge in [-0.05, 0) is 29.7 Å². The van der Waals surface area contributed by atoms with Crippen LogP contribution in [-0.2, 0) is 16.5 Å². The zero-order chi connectivity index (χ0) is 13.0. The molecule has 1 N–H and O–H groups in total. The predicted octanol–water partition coefficient (Wildman–Crippen LogP) is 3.12. The summed E-state index contributed by atoms with van der Waals surface area (Å²) < 4.78 is 28.6.